The molecule has 30 heavy (non-hydrogen) atoms. The van der Waals surface area contributed by atoms with Crippen molar-refractivity contribution in [2.75, 3.05) is 0 Å². The quantitative estimate of drug-likeness (QED) is 0.307. The molecule has 3 aromatic rings. The molecule has 0 radical (unpaired) electrons. The van der Waals surface area contributed by atoms with E-state index in [1.165, 1.54) is 0 Å². The maximum absolute atomic E-state index is 12.8. The fourth-order valence-electron chi connectivity index (χ4n) is 4.02. The number of nitrogens with zero attached hydrogens (tertiary/aromatic N) is 4. The molecule has 1 saturated heterocycles. The summed E-state index contributed by atoms with van der Waals surface area (Å²) in [5.41, 5.74) is 0.909. The molecule has 7 nitrogen and oxygen atoms in total. The first-order valence-corrected chi connectivity index (χ1v) is 10.6. The molecule has 1 unspecified atom stereocenters. The Bertz CT molecular complexity index is 1070. The van der Waals surface area contributed by atoms with Gasteiger partial charge in [-0.2, -0.15) is 4.98 Å². The second-order valence-electron chi connectivity index (χ2n) is 7.59. The third-order valence-electron chi connectivity index (χ3n) is 5.87. The van der Waals surface area contributed by atoms with Gasteiger partial charge in [0.2, 0.25) is 5.28 Å². The zero-order chi connectivity index (χ0) is 21.5. The van der Waals surface area contributed by atoms with Crippen LogP contribution in [0.2, 0.25) is 10.4 Å². The number of rotatable bonds is 5. The molecule has 4 rings (SSSR count). The number of carbonyl (C=O) groups is 1. The van der Waals surface area contributed by atoms with Crippen molar-refractivity contribution in [2.45, 2.75) is 52.0 Å². The number of hydrogen-bond acceptors (Lipinski definition) is 6. The predicted molar refractivity (Wildman–Crippen MR) is 114 cm³/mol. The number of aromatic nitrogens is 4. The molecule has 0 aliphatic carbocycles. The lowest BCUT2D eigenvalue weighted by atomic mass is 9.79. The fourth-order valence-corrected chi connectivity index (χ4v) is 4.45. The molecule has 1 fully saturated rings. The molecule has 158 valence electrons. The number of ether oxygens (including phenoxy) is 2. The van der Waals surface area contributed by atoms with E-state index in [0.717, 1.165) is 0 Å². The molecule has 2 aromatic heterocycles. The third-order valence-corrected chi connectivity index (χ3v) is 6.30. The summed E-state index contributed by atoms with van der Waals surface area (Å²) < 4.78 is 14.2. The van der Waals surface area contributed by atoms with Gasteiger partial charge in [-0.3, -0.25) is 4.57 Å². The highest BCUT2D eigenvalue weighted by molar-refractivity contribution is 6.35. The third kappa shape index (κ3) is 3.45. The highest BCUT2D eigenvalue weighted by Gasteiger charge is 2.55. The standard InChI is InChI=1S/C21H22Cl2N4O3/c1-4-13-15(30-18(28)12-9-7-6-8-10-12)21(3,5-2)19(29-13)27-11-24-14-16(22)25-20(23)26-17(14)27/h6-11,13,15,19H,4-5H2,1-3H3/t13-,15?,19+,21+/m1/s1. The van der Waals surface area contributed by atoms with Crippen molar-refractivity contribution in [1.29, 1.82) is 0 Å². The molecule has 0 N–H and O–H groups in total. The van der Waals surface area contributed by atoms with Gasteiger partial charge in [-0.25, -0.2) is 14.8 Å². The van der Waals surface area contributed by atoms with Crippen LogP contribution in [-0.4, -0.2) is 37.7 Å². The molecular formula is C21H22Cl2N4O3. The van der Waals surface area contributed by atoms with Gasteiger partial charge in [-0.15, -0.1) is 0 Å². The lowest BCUT2D eigenvalue weighted by molar-refractivity contribution is -0.0352. The highest BCUT2D eigenvalue weighted by Crippen LogP contribution is 2.50. The van der Waals surface area contributed by atoms with Crippen LogP contribution < -0.4 is 0 Å². The van der Waals surface area contributed by atoms with Gasteiger partial charge in [0.1, 0.15) is 17.8 Å². The van der Waals surface area contributed by atoms with Gasteiger partial charge in [-0.05, 0) is 36.6 Å². The number of halogens is 2. The lowest BCUT2D eigenvalue weighted by Crippen LogP contribution is -2.40. The maximum atomic E-state index is 12.8. The number of carbonyl (C=O) groups excluding carboxylic acids is 1. The Kier molecular flexibility index (Phi) is 5.70. The Balaban J connectivity index is 1.73. The Morgan fingerprint density at radius 3 is 2.63 bits per heavy atom. The normalized spacial score (nSPS) is 26.2. The lowest BCUT2D eigenvalue weighted by Gasteiger charge is -2.34. The first kappa shape index (κ1) is 21.0. The average molecular weight is 449 g/mol. The predicted octanol–water partition coefficient (Wildman–Crippen LogP) is 5.08. The molecule has 4 atom stereocenters. The average Bonchev–Trinajstić information content (AvgIpc) is 3.28. The van der Waals surface area contributed by atoms with E-state index in [-0.39, 0.29) is 22.5 Å². The van der Waals surface area contributed by atoms with E-state index in [4.69, 9.17) is 32.7 Å². The SMILES string of the molecule is CC[C@H]1O[C@H](n2cnc3c(Cl)nc(Cl)nc32)[C@@](C)(CC)C1OC(=O)c1ccccc1. The van der Waals surface area contributed by atoms with Crippen LogP contribution in [-0.2, 0) is 9.47 Å². The van der Waals surface area contributed by atoms with E-state index in [9.17, 15) is 4.79 Å². The number of benzene rings is 1. The molecule has 0 bridgehead atoms. The number of imidazole rings is 1. The van der Waals surface area contributed by atoms with Crippen LogP contribution in [0.5, 0.6) is 0 Å². The number of fused-ring (bicyclic) bond motifs is 1. The van der Waals surface area contributed by atoms with Gasteiger partial charge in [0.05, 0.1) is 23.4 Å². The Morgan fingerprint density at radius 1 is 1.23 bits per heavy atom. The molecule has 1 aliphatic heterocycles. The van der Waals surface area contributed by atoms with E-state index < -0.39 is 17.7 Å². The fraction of sp³-hybridized carbons (Fsp3) is 0.429. The minimum Gasteiger partial charge on any atom is -0.455 e. The number of hydrogen-bond donors (Lipinski definition) is 0. The summed E-state index contributed by atoms with van der Waals surface area (Å²) in [6.07, 6.45) is 1.81. The van der Waals surface area contributed by atoms with E-state index in [1.54, 1.807) is 23.0 Å². The van der Waals surface area contributed by atoms with Crippen LogP contribution in [0.15, 0.2) is 36.7 Å². The van der Waals surface area contributed by atoms with Gasteiger partial charge in [0.25, 0.3) is 0 Å². The van der Waals surface area contributed by atoms with Gasteiger partial charge in [-0.1, -0.05) is 50.6 Å². The van der Waals surface area contributed by atoms with Gasteiger partial charge < -0.3 is 9.47 Å². The Morgan fingerprint density at radius 2 is 1.97 bits per heavy atom. The molecular weight excluding hydrogens is 427 g/mol. The van der Waals surface area contributed by atoms with Crippen molar-refractivity contribution in [3.63, 3.8) is 0 Å². The van der Waals surface area contributed by atoms with Gasteiger partial charge in [0, 0.05) is 0 Å². The zero-order valence-electron chi connectivity index (χ0n) is 16.9. The molecule has 0 amide bonds. The van der Waals surface area contributed by atoms with Crippen LogP contribution in [0.1, 0.15) is 50.2 Å². The van der Waals surface area contributed by atoms with Crippen molar-refractivity contribution in [3.8, 4) is 0 Å². The van der Waals surface area contributed by atoms with E-state index in [1.807, 2.05) is 39.0 Å². The van der Waals surface area contributed by atoms with E-state index in [0.29, 0.717) is 29.6 Å². The van der Waals surface area contributed by atoms with E-state index in [2.05, 4.69) is 15.0 Å². The molecule has 1 aromatic carbocycles. The van der Waals surface area contributed by atoms with Crippen molar-refractivity contribution in [1.82, 2.24) is 19.5 Å². The van der Waals surface area contributed by atoms with Crippen LogP contribution in [0.3, 0.4) is 0 Å². The molecule has 0 saturated carbocycles. The summed E-state index contributed by atoms with van der Waals surface area (Å²) in [5.74, 6) is -0.369. The van der Waals surface area contributed by atoms with Crippen molar-refractivity contribution in [2.24, 2.45) is 5.41 Å². The largest absolute Gasteiger partial charge is 0.455 e. The molecule has 0 spiro atoms. The topological polar surface area (TPSA) is 79.1 Å². The minimum absolute atomic E-state index is 0.0320. The molecule has 3 heterocycles. The summed E-state index contributed by atoms with van der Waals surface area (Å²) in [5, 5.41) is 0.212. The minimum atomic E-state index is -0.525. The van der Waals surface area contributed by atoms with Crippen LogP contribution in [0, 0.1) is 5.41 Å². The van der Waals surface area contributed by atoms with Crippen LogP contribution >= 0.6 is 23.2 Å². The first-order valence-electron chi connectivity index (χ1n) is 9.86. The molecule has 1 aliphatic rings. The highest BCUT2D eigenvalue weighted by atomic mass is 35.5. The summed E-state index contributed by atoms with van der Waals surface area (Å²) in [6.45, 7) is 6.10. The van der Waals surface area contributed by atoms with Crippen LogP contribution in [0.4, 0.5) is 0 Å². The second kappa shape index (κ2) is 8.13. The molecule has 9 heteroatoms. The smallest absolute Gasteiger partial charge is 0.338 e. The Labute approximate surface area is 184 Å². The number of esters is 1. The second-order valence-corrected chi connectivity index (χ2v) is 8.29. The summed E-state index contributed by atoms with van der Waals surface area (Å²) in [6, 6.07) is 8.96. The summed E-state index contributed by atoms with van der Waals surface area (Å²) in [7, 11) is 0. The summed E-state index contributed by atoms with van der Waals surface area (Å²) >= 11 is 12.2. The summed E-state index contributed by atoms with van der Waals surface area (Å²) in [4.78, 5) is 25.4. The maximum Gasteiger partial charge on any atom is 0.338 e. The Hall–Kier alpha value is -2.22. The van der Waals surface area contributed by atoms with Crippen molar-refractivity contribution < 1.29 is 14.3 Å². The van der Waals surface area contributed by atoms with Crippen molar-refractivity contribution >= 4 is 40.3 Å². The zero-order valence-corrected chi connectivity index (χ0v) is 18.4. The van der Waals surface area contributed by atoms with Crippen LogP contribution in [0.25, 0.3) is 11.2 Å². The van der Waals surface area contributed by atoms with Gasteiger partial charge >= 0.3 is 5.97 Å². The van der Waals surface area contributed by atoms with Crippen molar-refractivity contribution in [3.05, 3.63) is 52.7 Å². The van der Waals surface area contributed by atoms with Gasteiger partial charge in [0.15, 0.2) is 10.8 Å². The first-order chi connectivity index (χ1) is 14.4. The monoisotopic (exact) mass is 448 g/mol. The van der Waals surface area contributed by atoms with E-state index >= 15 is 0 Å².